The molecule has 1 amide bonds. The van der Waals surface area contributed by atoms with Crippen molar-refractivity contribution in [2.24, 2.45) is 4.99 Å². The second-order valence-electron chi connectivity index (χ2n) is 5.56. The number of methoxy groups -OCH3 is 2. The Labute approximate surface area is 158 Å². The summed E-state index contributed by atoms with van der Waals surface area (Å²) in [7, 11) is 3.07. The van der Waals surface area contributed by atoms with Crippen LogP contribution in [0, 0.1) is 10.1 Å². The first-order valence-corrected chi connectivity index (χ1v) is 8.85. The Balaban J connectivity index is 2.14. The van der Waals surface area contributed by atoms with Crippen molar-refractivity contribution < 1.29 is 19.2 Å². The summed E-state index contributed by atoms with van der Waals surface area (Å²) in [5.74, 6) is -0.00823. The highest BCUT2D eigenvalue weighted by Crippen LogP contribution is 2.24. The van der Waals surface area contributed by atoms with Crippen molar-refractivity contribution >= 4 is 33.1 Å². The SMILES string of the molecule is COCCn1c(=NC(=O)c2ccccc2OC)sc2cc([N+](=O)[O-])ccc21. The number of nitrogens with zero attached hydrogens (tertiary/aromatic N) is 3. The summed E-state index contributed by atoms with van der Waals surface area (Å²) in [5, 5.41) is 11.0. The van der Waals surface area contributed by atoms with Gasteiger partial charge in [0.25, 0.3) is 11.6 Å². The monoisotopic (exact) mass is 387 g/mol. The zero-order chi connectivity index (χ0) is 19.4. The van der Waals surface area contributed by atoms with Gasteiger partial charge in [-0.25, -0.2) is 0 Å². The number of nitro groups is 1. The smallest absolute Gasteiger partial charge is 0.283 e. The Bertz CT molecular complexity index is 1070. The summed E-state index contributed by atoms with van der Waals surface area (Å²) < 4.78 is 12.9. The van der Waals surface area contributed by atoms with Crippen LogP contribution in [0.15, 0.2) is 47.5 Å². The van der Waals surface area contributed by atoms with E-state index in [1.54, 1.807) is 37.4 Å². The fourth-order valence-electron chi connectivity index (χ4n) is 2.63. The Morgan fingerprint density at radius 2 is 2.04 bits per heavy atom. The molecule has 0 aliphatic carbocycles. The molecule has 1 aromatic heterocycles. The molecule has 2 aromatic carbocycles. The first-order valence-electron chi connectivity index (χ1n) is 8.04. The molecule has 0 saturated heterocycles. The van der Waals surface area contributed by atoms with Crippen molar-refractivity contribution in [2.75, 3.05) is 20.8 Å². The van der Waals surface area contributed by atoms with Crippen molar-refractivity contribution in [3.8, 4) is 5.75 Å². The second-order valence-corrected chi connectivity index (χ2v) is 6.56. The van der Waals surface area contributed by atoms with Crippen LogP contribution in [0.25, 0.3) is 10.2 Å². The van der Waals surface area contributed by atoms with E-state index in [-0.39, 0.29) is 5.69 Å². The van der Waals surface area contributed by atoms with Gasteiger partial charge in [-0.1, -0.05) is 23.5 Å². The number of non-ortho nitro benzene ring substituents is 1. The molecule has 0 bridgehead atoms. The van der Waals surface area contributed by atoms with E-state index in [1.165, 1.54) is 30.6 Å². The Morgan fingerprint density at radius 1 is 1.26 bits per heavy atom. The average molecular weight is 387 g/mol. The Morgan fingerprint density at radius 3 is 2.74 bits per heavy atom. The molecule has 0 N–H and O–H groups in total. The maximum atomic E-state index is 12.7. The maximum Gasteiger partial charge on any atom is 0.283 e. The molecule has 9 heteroatoms. The number of nitro benzene ring substituents is 1. The van der Waals surface area contributed by atoms with E-state index >= 15 is 0 Å². The lowest BCUT2D eigenvalue weighted by Crippen LogP contribution is -2.19. The molecule has 0 atom stereocenters. The van der Waals surface area contributed by atoms with Crippen LogP contribution in [-0.4, -0.2) is 36.2 Å². The molecule has 0 unspecified atom stereocenters. The standard InChI is InChI=1S/C18H17N3O5S/c1-25-10-9-20-14-8-7-12(21(23)24)11-16(14)27-18(20)19-17(22)13-5-3-4-6-15(13)26-2/h3-8,11H,9-10H2,1-2H3. The van der Waals surface area contributed by atoms with Crippen LogP contribution in [0.5, 0.6) is 5.75 Å². The molecule has 1 heterocycles. The van der Waals surface area contributed by atoms with E-state index in [9.17, 15) is 14.9 Å². The fraction of sp³-hybridized carbons (Fsp3) is 0.222. The predicted molar refractivity (Wildman–Crippen MR) is 101 cm³/mol. The molecule has 3 aromatic rings. The molecular weight excluding hydrogens is 370 g/mol. The van der Waals surface area contributed by atoms with Crippen molar-refractivity contribution in [3.63, 3.8) is 0 Å². The number of thiazole rings is 1. The van der Waals surface area contributed by atoms with Gasteiger partial charge in [0.15, 0.2) is 4.80 Å². The van der Waals surface area contributed by atoms with Crippen molar-refractivity contribution in [2.45, 2.75) is 6.54 Å². The van der Waals surface area contributed by atoms with Gasteiger partial charge in [0.05, 0.1) is 34.4 Å². The summed E-state index contributed by atoms with van der Waals surface area (Å²) in [6.45, 7) is 0.880. The van der Waals surface area contributed by atoms with E-state index in [2.05, 4.69) is 4.99 Å². The maximum absolute atomic E-state index is 12.7. The molecule has 27 heavy (non-hydrogen) atoms. The number of carbonyl (C=O) groups excluding carboxylic acids is 1. The largest absolute Gasteiger partial charge is 0.496 e. The molecule has 3 rings (SSSR count). The van der Waals surface area contributed by atoms with Crippen LogP contribution in [0.3, 0.4) is 0 Å². The zero-order valence-electron chi connectivity index (χ0n) is 14.7. The lowest BCUT2D eigenvalue weighted by atomic mass is 10.2. The number of aromatic nitrogens is 1. The van der Waals surface area contributed by atoms with Gasteiger partial charge in [-0.2, -0.15) is 4.99 Å². The second kappa shape index (κ2) is 8.11. The highest BCUT2D eigenvalue weighted by atomic mass is 32.1. The third kappa shape index (κ3) is 3.88. The lowest BCUT2D eigenvalue weighted by molar-refractivity contribution is -0.384. The van der Waals surface area contributed by atoms with Crippen molar-refractivity contribution in [1.29, 1.82) is 0 Å². The summed E-state index contributed by atoms with van der Waals surface area (Å²) in [5.41, 5.74) is 1.10. The van der Waals surface area contributed by atoms with Crippen LogP contribution >= 0.6 is 11.3 Å². The van der Waals surface area contributed by atoms with Crippen molar-refractivity contribution in [3.05, 3.63) is 62.9 Å². The van der Waals surface area contributed by atoms with Gasteiger partial charge in [-0.05, 0) is 18.2 Å². The molecule has 0 aliphatic rings. The normalized spacial score (nSPS) is 11.7. The quantitative estimate of drug-likeness (QED) is 0.478. The first kappa shape index (κ1) is 18.7. The van der Waals surface area contributed by atoms with Crippen LogP contribution in [0.2, 0.25) is 0 Å². The topological polar surface area (TPSA) is 96.0 Å². The van der Waals surface area contributed by atoms with Gasteiger partial charge < -0.3 is 14.0 Å². The predicted octanol–water partition coefficient (Wildman–Crippen LogP) is 3.01. The number of carbonyl (C=O) groups is 1. The minimum atomic E-state index is -0.449. The van der Waals surface area contributed by atoms with E-state index in [4.69, 9.17) is 9.47 Å². The van der Waals surface area contributed by atoms with Gasteiger partial charge in [-0.3, -0.25) is 14.9 Å². The number of ether oxygens (including phenoxy) is 2. The van der Waals surface area contributed by atoms with E-state index in [0.717, 1.165) is 5.52 Å². The highest BCUT2D eigenvalue weighted by molar-refractivity contribution is 7.16. The van der Waals surface area contributed by atoms with Gasteiger partial charge in [0.2, 0.25) is 0 Å². The summed E-state index contributed by atoms with van der Waals surface area (Å²) in [4.78, 5) is 27.9. The minimum absolute atomic E-state index is 0.00903. The summed E-state index contributed by atoms with van der Waals surface area (Å²) in [6.07, 6.45) is 0. The number of rotatable bonds is 6. The van der Waals surface area contributed by atoms with Gasteiger partial charge in [0, 0.05) is 25.8 Å². The number of hydrogen-bond donors (Lipinski definition) is 0. The number of fused-ring (bicyclic) bond motifs is 1. The van der Waals surface area contributed by atoms with E-state index in [1.807, 2.05) is 4.57 Å². The van der Waals surface area contributed by atoms with Crippen LogP contribution in [-0.2, 0) is 11.3 Å². The number of amides is 1. The minimum Gasteiger partial charge on any atom is -0.496 e. The highest BCUT2D eigenvalue weighted by Gasteiger charge is 2.15. The molecule has 0 saturated carbocycles. The molecular formula is C18H17N3O5S. The van der Waals surface area contributed by atoms with Crippen LogP contribution < -0.4 is 9.54 Å². The summed E-state index contributed by atoms with van der Waals surface area (Å²) >= 11 is 1.22. The van der Waals surface area contributed by atoms with Gasteiger partial charge >= 0.3 is 0 Å². The fourth-order valence-corrected chi connectivity index (χ4v) is 3.72. The molecule has 0 spiro atoms. The molecule has 0 radical (unpaired) electrons. The van der Waals surface area contributed by atoms with Crippen LogP contribution in [0.1, 0.15) is 10.4 Å². The van der Waals surface area contributed by atoms with Crippen molar-refractivity contribution in [1.82, 2.24) is 4.57 Å². The average Bonchev–Trinajstić information content (AvgIpc) is 3.02. The number of hydrogen-bond acceptors (Lipinski definition) is 6. The third-order valence-corrected chi connectivity index (χ3v) is 4.97. The lowest BCUT2D eigenvalue weighted by Gasteiger charge is -2.05. The summed E-state index contributed by atoms with van der Waals surface area (Å²) in [6, 6.07) is 11.4. The van der Waals surface area contributed by atoms with Gasteiger partial charge in [-0.15, -0.1) is 0 Å². The Hall–Kier alpha value is -3.04. The first-order chi connectivity index (χ1) is 13.0. The third-order valence-electron chi connectivity index (χ3n) is 3.93. The van der Waals surface area contributed by atoms with E-state index in [0.29, 0.717) is 34.0 Å². The molecule has 0 fully saturated rings. The van der Waals surface area contributed by atoms with Crippen LogP contribution in [0.4, 0.5) is 5.69 Å². The van der Waals surface area contributed by atoms with E-state index < -0.39 is 10.8 Å². The Kier molecular flexibility index (Phi) is 5.63. The molecule has 8 nitrogen and oxygen atoms in total. The number of benzene rings is 2. The molecule has 140 valence electrons. The zero-order valence-corrected chi connectivity index (χ0v) is 15.6. The van der Waals surface area contributed by atoms with Gasteiger partial charge in [0.1, 0.15) is 5.75 Å². The molecule has 0 aliphatic heterocycles. The number of para-hydroxylation sites is 1.